The summed E-state index contributed by atoms with van der Waals surface area (Å²) < 4.78 is 7.00. The summed E-state index contributed by atoms with van der Waals surface area (Å²) in [5.74, 6) is 0.138. The van der Waals surface area contributed by atoms with Crippen molar-refractivity contribution in [3.63, 3.8) is 0 Å². The molecule has 0 radical (unpaired) electrons. The number of hydrogen-bond donors (Lipinski definition) is 0. The number of pyridine rings is 1. The molecule has 22 heavy (non-hydrogen) atoms. The first-order chi connectivity index (χ1) is 10.8. The van der Waals surface area contributed by atoms with E-state index >= 15 is 0 Å². The highest BCUT2D eigenvalue weighted by Crippen LogP contribution is 2.21. The number of carbonyl (C=O) groups is 1. The van der Waals surface area contributed by atoms with E-state index in [2.05, 4.69) is 16.1 Å². The summed E-state index contributed by atoms with van der Waals surface area (Å²) in [6, 6.07) is 5.95. The van der Waals surface area contributed by atoms with Gasteiger partial charge in [-0.2, -0.15) is 5.10 Å². The molecule has 1 aliphatic rings. The smallest absolute Gasteiger partial charge is 0.225 e. The molecular formula is C16H20N4O2. The van der Waals surface area contributed by atoms with E-state index in [1.165, 1.54) is 0 Å². The van der Waals surface area contributed by atoms with Gasteiger partial charge in [-0.05, 0) is 24.6 Å². The van der Waals surface area contributed by atoms with Crippen molar-refractivity contribution < 1.29 is 9.53 Å². The van der Waals surface area contributed by atoms with Crippen LogP contribution in [0, 0.1) is 0 Å². The number of aryl methyl sites for hydroxylation is 1. The minimum absolute atomic E-state index is 0.138. The van der Waals surface area contributed by atoms with Gasteiger partial charge in [0.1, 0.15) is 0 Å². The predicted octanol–water partition coefficient (Wildman–Crippen LogP) is 1.71. The molecule has 1 amide bonds. The zero-order chi connectivity index (χ0) is 15.4. The van der Waals surface area contributed by atoms with Gasteiger partial charge in [0, 0.05) is 38.2 Å². The van der Waals surface area contributed by atoms with Crippen molar-refractivity contribution in [1.29, 1.82) is 0 Å². The molecule has 6 heteroatoms. The number of rotatable bonds is 4. The molecule has 2 aromatic heterocycles. The molecular weight excluding hydrogens is 280 g/mol. The van der Waals surface area contributed by atoms with Crippen LogP contribution in [-0.2, 0) is 22.6 Å². The molecule has 0 atom stereocenters. The van der Waals surface area contributed by atoms with Crippen LogP contribution < -0.4 is 0 Å². The zero-order valence-electron chi connectivity index (χ0n) is 12.7. The van der Waals surface area contributed by atoms with Gasteiger partial charge in [-0.25, -0.2) is 0 Å². The van der Waals surface area contributed by atoms with Crippen LogP contribution in [0.1, 0.15) is 18.5 Å². The largest absolute Gasteiger partial charge is 0.384 e. The highest BCUT2D eigenvalue weighted by atomic mass is 16.5. The Hall–Kier alpha value is -2.21. The Kier molecular flexibility index (Phi) is 4.48. The van der Waals surface area contributed by atoms with Crippen molar-refractivity contribution in [2.45, 2.75) is 25.9 Å². The van der Waals surface area contributed by atoms with Gasteiger partial charge in [0.05, 0.1) is 31.0 Å². The average Bonchev–Trinajstić information content (AvgIpc) is 2.85. The quantitative estimate of drug-likeness (QED) is 0.862. The third kappa shape index (κ3) is 3.17. The molecule has 0 aromatic carbocycles. The van der Waals surface area contributed by atoms with Gasteiger partial charge >= 0.3 is 0 Å². The van der Waals surface area contributed by atoms with Gasteiger partial charge in [-0.15, -0.1) is 0 Å². The Labute approximate surface area is 129 Å². The summed E-state index contributed by atoms with van der Waals surface area (Å²) in [7, 11) is 1.62. The molecule has 2 aromatic rings. The van der Waals surface area contributed by atoms with E-state index in [9.17, 15) is 4.79 Å². The molecule has 0 spiro atoms. The number of fused-ring (bicyclic) bond motifs is 1. The lowest BCUT2D eigenvalue weighted by Crippen LogP contribution is -2.31. The molecule has 0 aliphatic carbocycles. The second-order valence-electron chi connectivity index (χ2n) is 5.40. The highest BCUT2D eigenvalue weighted by molar-refractivity contribution is 5.76. The van der Waals surface area contributed by atoms with Gasteiger partial charge in [0.25, 0.3) is 0 Å². The normalized spacial score (nSPS) is 14.5. The maximum Gasteiger partial charge on any atom is 0.225 e. The van der Waals surface area contributed by atoms with Crippen LogP contribution in [0.4, 0.5) is 0 Å². The Balaban J connectivity index is 1.78. The van der Waals surface area contributed by atoms with Crippen molar-refractivity contribution in [2.24, 2.45) is 0 Å². The van der Waals surface area contributed by atoms with E-state index in [0.29, 0.717) is 19.6 Å². The maximum atomic E-state index is 12.2. The second kappa shape index (κ2) is 6.70. The van der Waals surface area contributed by atoms with Gasteiger partial charge in [0.2, 0.25) is 5.91 Å². The Bertz CT molecular complexity index is 639. The van der Waals surface area contributed by atoms with Crippen molar-refractivity contribution in [3.05, 3.63) is 36.3 Å². The highest BCUT2D eigenvalue weighted by Gasteiger charge is 2.20. The monoisotopic (exact) mass is 300 g/mol. The molecule has 1 aliphatic heterocycles. The summed E-state index contributed by atoms with van der Waals surface area (Å²) in [5.41, 5.74) is 2.98. The van der Waals surface area contributed by atoms with Crippen molar-refractivity contribution in [2.75, 3.05) is 20.3 Å². The molecule has 0 N–H and O–H groups in total. The van der Waals surface area contributed by atoms with Gasteiger partial charge in [0.15, 0.2) is 0 Å². The lowest BCUT2D eigenvalue weighted by molar-refractivity contribution is -0.132. The van der Waals surface area contributed by atoms with Gasteiger partial charge < -0.3 is 9.64 Å². The molecule has 6 nitrogen and oxygen atoms in total. The number of aromatic nitrogens is 3. The fourth-order valence-corrected chi connectivity index (χ4v) is 2.68. The number of carbonyl (C=O) groups excluding carboxylic acids is 1. The number of ether oxygens (including phenoxy) is 1. The predicted molar refractivity (Wildman–Crippen MR) is 82.0 cm³/mol. The van der Waals surface area contributed by atoms with E-state index in [4.69, 9.17) is 4.74 Å². The fraction of sp³-hybridized carbons (Fsp3) is 0.438. The molecule has 0 unspecified atom stereocenters. The fourth-order valence-electron chi connectivity index (χ4n) is 2.68. The first-order valence-electron chi connectivity index (χ1n) is 7.52. The van der Waals surface area contributed by atoms with Crippen LogP contribution in [0.2, 0.25) is 0 Å². The summed E-state index contributed by atoms with van der Waals surface area (Å²) in [6.45, 7) is 2.68. The Morgan fingerprint density at radius 1 is 1.41 bits per heavy atom. The van der Waals surface area contributed by atoms with Gasteiger partial charge in [-0.3, -0.25) is 14.5 Å². The van der Waals surface area contributed by atoms with Crippen LogP contribution in [-0.4, -0.2) is 45.8 Å². The summed E-state index contributed by atoms with van der Waals surface area (Å²) in [6.07, 6.45) is 4.91. The minimum Gasteiger partial charge on any atom is -0.384 e. The van der Waals surface area contributed by atoms with Crippen molar-refractivity contribution >= 4 is 5.91 Å². The number of amides is 1. The van der Waals surface area contributed by atoms with E-state index in [-0.39, 0.29) is 5.91 Å². The SMILES string of the molecule is COCCC(=O)N1CCCn2nc(-c3cccnc3)cc2C1. The molecule has 116 valence electrons. The van der Waals surface area contributed by atoms with E-state index in [1.54, 1.807) is 13.3 Å². The van der Waals surface area contributed by atoms with E-state index in [1.807, 2.05) is 27.9 Å². The Morgan fingerprint density at radius 2 is 2.32 bits per heavy atom. The van der Waals surface area contributed by atoms with Crippen LogP contribution in [0.15, 0.2) is 30.6 Å². The lowest BCUT2D eigenvalue weighted by Gasteiger charge is -2.19. The summed E-state index contributed by atoms with van der Waals surface area (Å²) >= 11 is 0. The summed E-state index contributed by atoms with van der Waals surface area (Å²) in [5, 5.41) is 4.65. The second-order valence-corrected chi connectivity index (χ2v) is 5.40. The topological polar surface area (TPSA) is 60.2 Å². The van der Waals surface area contributed by atoms with Crippen molar-refractivity contribution in [1.82, 2.24) is 19.7 Å². The maximum absolute atomic E-state index is 12.2. The van der Waals surface area contributed by atoms with Crippen molar-refractivity contribution in [3.8, 4) is 11.3 Å². The third-order valence-electron chi connectivity index (χ3n) is 3.84. The van der Waals surface area contributed by atoms with Crippen LogP contribution in [0.3, 0.4) is 0 Å². The number of methoxy groups -OCH3 is 1. The third-order valence-corrected chi connectivity index (χ3v) is 3.84. The number of hydrogen-bond acceptors (Lipinski definition) is 4. The molecule has 3 rings (SSSR count). The van der Waals surface area contributed by atoms with Gasteiger partial charge in [-0.1, -0.05) is 0 Å². The molecule has 0 saturated carbocycles. The van der Waals surface area contributed by atoms with Crippen LogP contribution in [0.5, 0.6) is 0 Å². The summed E-state index contributed by atoms with van der Waals surface area (Å²) in [4.78, 5) is 18.2. The standard InChI is InChI=1S/C16H20N4O2/c1-22-9-5-16(21)19-7-3-8-20-14(12-19)10-15(18-20)13-4-2-6-17-11-13/h2,4,6,10-11H,3,5,7-9,12H2,1H3. The minimum atomic E-state index is 0.138. The van der Waals surface area contributed by atoms with E-state index in [0.717, 1.165) is 36.5 Å². The first kappa shape index (κ1) is 14.7. The molecule has 3 heterocycles. The lowest BCUT2D eigenvalue weighted by atomic mass is 10.2. The zero-order valence-corrected chi connectivity index (χ0v) is 12.7. The Morgan fingerprint density at radius 3 is 3.09 bits per heavy atom. The number of nitrogens with zero attached hydrogens (tertiary/aromatic N) is 4. The van der Waals surface area contributed by atoms with E-state index < -0.39 is 0 Å². The van der Waals surface area contributed by atoms with Crippen LogP contribution in [0.25, 0.3) is 11.3 Å². The van der Waals surface area contributed by atoms with Crippen LogP contribution >= 0.6 is 0 Å². The molecule has 0 bridgehead atoms. The average molecular weight is 300 g/mol. The first-order valence-corrected chi connectivity index (χ1v) is 7.52. The molecule has 0 fully saturated rings. The molecule has 0 saturated heterocycles.